The summed E-state index contributed by atoms with van der Waals surface area (Å²) in [5.41, 5.74) is -0.239. The van der Waals surface area contributed by atoms with E-state index in [9.17, 15) is 0 Å². The minimum atomic E-state index is -0.239. The Hall–Kier alpha value is -0.340. The first-order valence-corrected chi connectivity index (χ1v) is 4.70. The van der Waals surface area contributed by atoms with Crippen molar-refractivity contribution in [2.75, 3.05) is 13.2 Å². The Balaban J connectivity index is 2.58. The molecule has 2 heteroatoms. The molecule has 0 saturated heterocycles. The van der Waals surface area contributed by atoms with Gasteiger partial charge in [-0.05, 0) is 25.7 Å². The molecule has 2 nitrogen and oxygen atoms in total. The molecule has 1 aliphatic rings. The Kier molecular flexibility index (Phi) is 3.76. The first kappa shape index (κ1) is 9.75. The Morgan fingerprint density at radius 1 is 1.08 bits per heavy atom. The van der Waals surface area contributed by atoms with Crippen LogP contribution >= 0.6 is 0 Å². The molecule has 0 amide bonds. The third-order valence-corrected chi connectivity index (χ3v) is 2.72. The van der Waals surface area contributed by atoms with Crippen LogP contribution in [0.1, 0.15) is 32.1 Å². The van der Waals surface area contributed by atoms with Gasteiger partial charge in [0.2, 0.25) is 0 Å². The molecule has 0 aromatic carbocycles. The highest BCUT2D eigenvalue weighted by atomic mass is 16.3. The van der Waals surface area contributed by atoms with Crippen LogP contribution in [0.3, 0.4) is 0 Å². The third kappa shape index (κ3) is 2.32. The maximum atomic E-state index is 9.16. The lowest BCUT2D eigenvalue weighted by molar-refractivity contribution is 0.0465. The molecule has 1 aliphatic carbocycles. The Labute approximate surface area is 73.9 Å². The van der Waals surface area contributed by atoms with Gasteiger partial charge in [-0.3, -0.25) is 0 Å². The van der Waals surface area contributed by atoms with E-state index in [2.05, 4.69) is 12.2 Å². The summed E-state index contributed by atoms with van der Waals surface area (Å²) in [5.74, 6) is 0. The average Bonchev–Trinajstić information content (AvgIpc) is 2.06. The van der Waals surface area contributed by atoms with Crippen LogP contribution in [-0.4, -0.2) is 23.4 Å². The third-order valence-electron chi connectivity index (χ3n) is 2.72. The van der Waals surface area contributed by atoms with Crippen molar-refractivity contribution in [1.29, 1.82) is 0 Å². The molecular formula is C10H18O2. The van der Waals surface area contributed by atoms with Gasteiger partial charge < -0.3 is 10.2 Å². The summed E-state index contributed by atoms with van der Waals surface area (Å²) in [4.78, 5) is 0. The molecule has 0 aromatic rings. The van der Waals surface area contributed by atoms with Crippen LogP contribution in [0.4, 0.5) is 0 Å². The summed E-state index contributed by atoms with van der Waals surface area (Å²) in [7, 11) is 0. The topological polar surface area (TPSA) is 40.5 Å². The van der Waals surface area contributed by atoms with Gasteiger partial charge >= 0.3 is 0 Å². The first-order valence-electron chi connectivity index (χ1n) is 4.70. The zero-order chi connectivity index (χ0) is 8.86. The highest BCUT2D eigenvalue weighted by Gasteiger charge is 2.27. The van der Waals surface area contributed by atoms with Gasteiger partial charge in [-0.1, -0.05) is 18.6 Å². The molecule has 0 aromatic heterocycles. The molecule has 0 saturated carbocycles. The molecule has 0 heterocycles. The van der Waals surface area contributed by atoms with Gasteiger partial charge in [0.1, 0.15) is 0 Å². The van der Waals surface area contributed by atoms with Crippen molar-refractivity contribution in [1.82, 2.24) is 0 Å². The van der Waals surface area contributed by atoms with Crippen molar-refractivity contribution in [2.45, 2.75) is 32.1 Å². The zero-order valence-corrected chi connectivity index (χ0v) is 7.50. The van der Waals surface area contributed by atoms with Gasteiger partial charge in [0, 0.05) is 5.41 Å². The SMILES string of the molecule is OCC1(CO)CC=CCCCC1. The molecule has 0 radical (unpaired) electrons. The number of aliphatic hydroxyl groups excluding tert-OH is 2. The summed E-state index contributed by atoms with van der Waals surface area (Å²) >= 11 is 0. The Morgan fingerprint density at radius 3 is 2.50 bits per heavy atom. The molecule has 0 unspecified atom stereocenters. The quantitative estimate of drug-likeness (QED) is 0.616. The Morgan fingerprint density at radius 2 is 1.83 bits per heavy atom. The highest BCUT2D eigenvalue weighted by Crippen LogP contribution is 2.30. The fourth-order valence-corrected chi connectivity index (χ4v) is 1.65. The molecule has 0 spiro atoms. The van der Waals surface area contributed by atoms with E-state index in [1.807, 2.05) is 0 Å². The highest BCUT2D eigenvalue weighted by molar-refractivity contribution is 4.93. The Bertz CT molecular complexity index is 148. The largest absolute Gasteiger partial charge is 0.396 e. The molecule has 12 heavy (non-hydrogen) atoms. The van der Waals surface area contributed by atoms with E-state index in [1.54, 1.807) is 0 Å². The summed E-state index contributed by atoms with van der Waals surface area (Å²) in [6, 6.07) is 0. The lowest BCUT2D eigenvalue weighted by atomic mass is 9.79. The van der Waals surface area contributed by atoms with Crippen LogP contribution in [0, 0.1) is 5.41 Å². The molecule has 0 bridgehead atoms. The van der Waals surface area contributed by atoms with Crippen LogP contribution in [0.25, 0.3) is 0 Å². The summed E-state index contributed by atoms with van der Waals surface area (Å²) < 4.78 is 0. The minimum absolute atomic E-state index is 0.105. The number of aliphatic hydroxyl groups is 2. The van der Waals surface area contributed by atoms with Gasteiger partial charge in [-0.15, -0.1) is 0 Å². The minimum Gasteiger partial charge on any atom is -0.396 e. The average molecular weight is 170 g/mol. The van der Waals surface area contributed by atoms with Gasteiger partial charge in [0.25, 0.3) is 0 Å². The maximum absolute atomic E-state index is 9.16. The van der Waals surface area contributed by atoms with Crippen LogP contribution in [0.5, 0.6) is 0 Å². The number of rotatable bonds is 2. The number of allylic oxidation sites excluding steroid dienone is 2. The van der Waals surface area contributed by atoms with Crippen molar-refractivity contribution < 1.29 is 10.2 Å². The van der Waals surface area contributed by atoms with Crippen molar-refractivity contribution in [3.8, 4) is 0 Å². The van der Waals surface area contributed by atoms with Crippen molar-refractivity contribution in [3.63, 3.8) is 0 Å². The summed E-state index contributed by atoms with van der Waals surface area (Å²) in [6.45, 7) is 0.210. The molecule has 1 rings (SSSR count). The van der Waals surface area contributed by atoms with Crippen LogP contribution in [-0.2, 0) is 0 Å². The molecule has 2 N–H and O–H groups in total. The smallest absolute Gasteiger partial charge is 0.0512 e. The monoisotopic (exact) mass is 170 g/mol. The van der Waals surface area contributed by atoms with E-state index in [-0.39, 0.29) is 18.6 Å². The standard InChI is InChI=1S/C10H18O2/c11-8-10(9-12)6-4-2-1-3-5-7-10/h2,4,11-12H,1,3,5-9H2. The van der Waals surface area contributed by atoms with Gasteiger partial charge in [0.15, 0.2) is 0 Å². The first-order chi connectivity index (χ1) is 5.83. The van der Waals surface area contributed by atoms with Crippen LogP contribution in [0.15, 0.2) is 12.2 Å². The summed E-state index contributed by atoms with van der Waals surface area (Å²) in [5, 5.41) is 18.3. The molecule has 0 aliphatic heterocycles. The van der Waals surface area contributed by atoms with Gasteiger partial charge in [-0.2, -0.15) is 0 Å². The number of hydrogen-bond acceptors (Lipinski definition) is 2. The molecule has 70 valence electrons. The van der Waals surface area contributed by atoms with Gasteiger partial charge in [-0.25, -0.2) is 0 Å². The summed E-state index contributed by atoms with van der Waals surface area (Å²) in [6.07, 6.45) is 9.45. The maximum Gasteiger partial charge on any atom is 0.0512 e. The van der Waals surface area contributed by atoms with Gasteiger partial charge in [0.05, 0.1) is 13.2 Å². The van der Waals surface area contributed by atoms with E-state index in [4.69, 9.17) is 10.2 Å². The van der Waals surface area contributed by atoms with Crippen LogP contribution < -0.4 is 0 Å². The van der Waals surface area contributed by atoms with E-state index in [0.717, 1.165) is 25.7 Å². The lowest BCUT2D eigenvalue weighted by Gasteiger charge is -2.29. The van der Waals surface area contributed by atoms with Crippen molar-refractivity contribution in [3.05, 3.63) is 12.2 Å². The van der Waals surface area contributed by atoms with Crippen molar-refractivity contribution >= 4 is 0 Å². The van der Waals surface area contributed by atoms with E-state index >= 15 is 0 Å². The fourth-order valence-electron chi connectivity index (χ4n) is 1.65. The van der Waals surface area contributed by atoms with Crippen LogP contribution in [0.2, 0.25) is 0 Å². The number of hydrogen-bond donors (Lipinski definition) is 2. The molecule has 0 fully saturated rings. The predicted octanol–water partition coefficient (Wildman–Crippen LogP) is 1.48. The fraction of sp³-hybridized carbons (Fsp3) is 0.800. The van der Waals surface area contributed by atoms with Crippen molar-refractivity contribution in [2.24, 2.45) is 5.41 Å². The zero-order valence-electron chi connectivity index (χ0n) is 7.50. The van der Waals surface area contributed by atoms with E-state index in [1.165, 1.54) is 6.42 Å². The molecule has 0 atom stereocenters. The van der Waals surface area contributed by atoms with E-state index in [0.29, 0.717) is 0 Å². The second kappa shape index (κ2) is 4.63. The second-order valence-corrected chi connectivity index (χ2v) is 3.74. The predicted molar refractivity (Wildman–Crippen MR) is 48.8 cm³/mol. The molecular weight excluding hydrogens is 152 g/mol. The lowest BCUT2D eigenvalue weighted by Crippen LogP contribution is -2.29. The van der Waals surface area contributed by atoms with E-state index < -0.39 is 0 Å². The normalized spacial score (nSPS) is 23.2. The second-order valence-electron chi connectivity index (χ2n) is 3.74.